The van der Waals surface area contributed by atoms with Crippen LogP contribution in [0, 0.1) is 0 Å². The number of carbonyl (C=O) groups excluding carboxylic acids is 1. The lowest BCUT2D eigenvalue weighted by atomic mass is 10.0. The molecule has 0 atom stereocenters. The van der Waals surface area contributed by atoms with E-state index in [2.05, 4.69) is 15.5 Å². The molecular weight excluding hydrogens is 565 g/mol. The topological polar surface area (TPSA) is 138 Å². The molecule has 0 radical (unpaired) electrons. The molecule has 4 aromatic carbocycles. The summed E-state index contributed by atoms with van der Waals surface area (Å²) in [6.45, 7) is 3.96. The Kier molecular flexibility index (Phi) is 8.41. The van der Waals surface area contributed by atoms with Crippen molar-refractivity contribution in [1.29, 1.82) is 0 Å². The molecule has 0 aliphatic heterocycles. The van der Waals surface area contributed by atoms with Crippen LogP contribution < -0.4 is 10.1 Å². The lowest BCUT2D eigenvalue weighted by molar-refractivity contribution is 0.102. The third-order valence-electron chi connectivity index (χ3n) is 5.78. The van der Waals surface area contributed by atoms with Crippen molar-refractivity contribution in [2.24, 2.45) is 10.2 Å². The molecule has 0 unspecified atom stereocenters. The first-order valence-corrected chi connectivity index (χ1v) is 13.9. The number of benzene rings is 4. The van der Waals surface area contributed by atoms with Gasteiger partial charge in [-0.15, -0.1) is 10.2 Å². The molecule has 202 valence electrons. The molecule has 0 aliphatic rings. The number of phenolic OH excluding ortho intramolecular Hbond substituents is 1. The first-order chi connectivity index (χ1) is 18.5. The van der Waals surface area contributed by atoms with Crippen LogP contribution in [0.1, 0.15) is 29.8 Å². The Morgan fingerprint density at radius 2 is 1.74 bits per heavy atom. The second kappa shape index (κ2) is 11.6. The number of anilines is 1. The minimum Gasteiger partial charge on any atom is -0.505 e. The molecule has 4 aromatic rings. The lowest BCUT2D eigenvalue weighted by Crippen LogP contribution is -2.12. The number of phenols is 1. The van der Waals surface area contributed by atoms with Gasteiger partial charge in [-0.05, 0) is 54.6 Å². The summed E-state index contributed by atoms with van der Waals surface area (Å²) in [5.41, 5.74) is 0.604. The smallest absolute Gasteiger partial charge is 0.294 e. The van der Waals surface area contributed by atoms with E-state index in [0.29, 0.717) is 28.8 Å². The van der Waals surface area contributed by atoms with Crippen LogP contribution in [0.25, 0.3) is 10.8 Å². The minimum atomic E-state index is -4.50. The maximum atomic E-state index is 13.3. The van der Waals surface area contributed by atoms with Gasteiger partial charge in [0.25, 0.3) is 16.0 Å². The van der Waals surface area contributed by atoms with E-state index in [4.69, 9.17) is 27.9 Å². The van der Waals surface area contributed by atoms with E-state index in [1.807, 2.05) is 6.92 Å². The molecule has 0 saturated heterocycles. The molecular formula is C27H23Cl2N3O6S. The Balaban J connectivity index is 1.78. The molecule has 0 aromatic heterocycles. The zero-order chi connectivity index (χ0) is 28.3. The van der Waals surface area contributed by atoms with E-state index >= 15 is 0 Å². The third kappa shape index (κ3) is 6.15. The number of azo groups is 1. The highest BCUT2D eigenvalue weighted by molar-refractivity contribution is 7.85. The zero-order valence-corrected chi connectivity index (χ0v) is 23.1. The molecule has 12 heteroatoms. The van der Waals surface area contributed by atoms with Gasteiger partial charge in [0.15, 0.2) is 5.75 Å². The predicted octanol–water partition coefficient (Wildman–Crippen LogP) is 7.73. The van der Waals surface area contributed by atoms with Crippen LogP contribution in [0.15, 0.2) is 75.8 Å². The number of halogens is 2. The maximum Gasteiger partial charge on any atom is 0.294 e. The first-order valence-electron chi connectivity index (χ1n) is 11.7. The normalized spacial score (nSPS) is 11.7. The van der Waals surface area contributed by atoms with Crippen LogP contribution in [0.2, 0.25) is 10.0 Å². The van der Waals surface area contributed by atoms with Gasteiger partial charge in [-0.1, -0.05) is 54.4 Å². The molecule has 0 heterocycles. The van der Waals surface area contributed by atoms with Crippen molar-refractivity contribution in [2.75, 3.05) is 11.9 Å². The summed E-state index contributed by atoms with van der Waals surface area (Å²) in [4.78, 5) is 12.9. The number of aryl methyl sites for hydroxylation is 1. The summed E-state index contributed by atoms with van der Waals surface area (Å²) in [7, 11) is -4.50. The van der Waals surface area contributed by atoms with E-state index in [-0.39, 0.29) is 43.9 Å². The quantitative estimate of drug-likeness (QED) is 0.142. The fraction of sp³-hybridized carbons (Fsp3) is 0.148. The van der Waals surface area contributed by atoms with Crippen LogP contribution in [-0.4, -0.2) is 30.6 Å². The van der Waals surface area contributed by atoms with E-state index < -0.39 is 21.8 Å². The van der Waals surface area contributed by atoms with Gasteiger partial charge in [0.1, 0.15) is 17.1 Å². The Labute approximate surface area is 234 Å². The maximum absolute atomic E-state index is 13.3. The van der Waals surface area contributed by atoms with E-state index in [1.54, 1.807) is 49.4 Å². The molecule has 0 saturated carbocycles. The Hall–Kier alpha value is -3.70. The van der Waals surface area contributed by atoms with E-state index in [1.165, 1.54) is 12.1 Å². The van der Waals surface area contributed by atoms with Crippen LogP contribution in [0.3, 0.4) is 0 Å². The molecule has 3 N–H and O–H groups in total. The van der Waals surface area contributed by atoms with Crippen molar-refractivity contribution >= 4 is 67.1 Å². The second-order valence-electron chi connectivity index (χ2n) is 8.31. The molecule has 0 bridgehead atoms. The number of carbonyl (C=O) groups is 1. The zero-order valence-electron chi connectivity index (χ0n) is 20.8. The summed E-state index contributed by atoms with van der Waals surface area (Å²) in [5, 5.41) is 23.5. The fourth-order valence-electron chi connectivity index (χ4n) is 3.92. The Morgan fingerprint density at radius 3 is 2.44 bits per heavy atom. The van der Waals surface area contributed by atoms with Crippen molar-refractivity contribution in [3.63, 3.8) is 0 Å². The van der Waals surface area contributed by atoms with Gasteiger partial charge in [0, 0.05) is 11.5 Å². The molecule has 39 heavy (non-hydrogen) atoms. The number of fused-ring (bicyclic) bond motifs is 1. The number of rotatable bonds is 8. The second-order valence-corrected chi connectivity index (χ2v) is 10.5. The highest BCUT2D eigenvalue weighted by atomic mass is 35.5. The average Bonchev–Trinajstić information content (AvgIpc) is 2.89. The first kappa shape index (κ1) is 28.3. The Morgan fingerprint density at radius 1 is 1.00 bits per heavy atom. The van der Waals surface area contributed by atoms with Crippen molar-refractivity contribution < 1.29 is 27.6 Å². The largest absolute Gasteiger partial charge is 0.505 e. The number of nitrogens with zero attached hydrogens (tertiary/aromatic N) is 2. The van der Waals surface area contributed by atoms with Gasteiger partial charge < -0.3 is 15.2 Å². The Bertz CT molecular complexity index is 1720. The number of nitrogens with one attached hydrogen (secondary N) is 1. The van der Waals surface area contributed by atoms with Gasteiger partial charge in [-0.2, -0.15) is 8.42 Å². The fourth-order valence-corrected chi connectivity index (χ4v) is 5.15. The SMILES string of the molecule is CCOc1ccc(Cl)c(NC(=O)c2cc3ccccc3c(N=Nc3cc(CC)c(S(=O)(=O)O)cc3Cl)c2O)c1. The summed E-state index contributed by atoms with van der Waals surface area (Å²) in [5.74, 6) is -0.569. The van der Waals surface area contributed by atoms with Gasteiger partial charge in [-0.25, -0.2) is 0 Å². The predicted molar refractivity (Wildman–Crippen MR) is 151 cm³/mol. The molecule has 1 amide bonds. The number of ether oxygens (including phenoxy) is 1. The van der Waals surface area contributed by atoms with Gasteiger partial charge in [0.2, 0.25) is 0 Å². The number of hydrogen-bond acceptors (Lipinski definition) is 7. The van der Waals surface area contributed by atoms with Gasteiger partial charge in [0.05, 0.1) is 32.8 Å². The van der Waals surface area contributed by atoms with Crippen LogP contribution >= 0.6 is 23.2 Å². The molecule has 0 fully saturated rings. The summed E-state index contributed by atoms with van der Waals surface area (Å²) >= 11 is 12.5. The lowest BCUT2D eigenvalue weighted by Gasteiger charge is -2.13. The van der Waals surface area contributed by atoms with Crippen LogP contribution in [0.5, 0.6) is 11.5 Å². The molecule has 0 spiro atoms. The standard InChI is InChI=1S/C27H23Cl2N3O6S/c1-3-15-12-23(21(29)14-24(15)39(35,36)37)31-32-25-18-8-6-5-7-16(18)11-19(26(25)33)27(34)30-22-13-17(38-4-2)9-10-20(22)28/h5-14,33H,3-4H2,1-2H3,(H,30,34)(H,35,36,37). The van der Waals surface area contributed by atoms with Gasteiger partial charge in [-0.3, -0.25) is 9.35 Å². The van der Waals surface area contributed by atoms with Crippen LogP contribution in [-0.2, 0) is 16.5 Å². The van der Waals surface area contributed by atoms with E-state index in [9.17, 15) is 22.9 Å². The summed E-state index contributed by atoms with van der Waals surface area (Å²) < 4.78 is 38.4. The molecule has 4 rings (SSSR count). The number of hydrogen-bond donors (Lipinski definition) is 3. The summed E-state index contributed by atoms with van der Waals surface area (Å²) in [6.07, 6.45) is 0.270. The highest BCUT2D eigenvalue weighted by Crippen LogP contribution is 2.41. The number of amides is 1. The monoisotopic (exact) mass is 587 g/mol. The molecule has 9 nitrogen and oxygen atoms in total. The van der Waals surface area contributed by atoms with Crippen molar-refractivity contribution in [2.45, 2.75) is 25.2 Å². The van der Waals surface area contributed by atoms with E-state index in [0.717, 1.165) is 6.07 Å². The van der Waals surface area contributed by atoms with Crippen LogP contribution in [0.4, 0.5) is 17.1 Å². The van der Waals surface area contributed by atoms with Crippen molar-refractivity contribution in [1.82, 2.24) is 0 Å². The number of aromatic hydroxyl groups is 1. The highest BCUT2D eigenvalue weighted by Gasteiger charge is 2.21. The van der Waals surface area contributed by atoms with Crippen molar-refractivity contribution in [3.05, 3.63) is 81.8 Å². The summed E-state index contributed by atoms with van der Waals surface area (Å²) in [6, 6.07) is 15.8. The molecule has 0 aliphatic carbocycles. The minimum absolute atomic E-state index is 0.000357. The van der Waals surface area contributed by atoms with Crippen molar-refractivity contribution in [3.8, 4) is 11.5 Å². The van der Waals surface area contributed by atoms with Gasteiger partial charge >= 0.3 is 0 Å². The third-order valence-corrected chi connectivity index (χ3v) is 7.35. The average molecular weight is 588 g/mol.